The first-order valence-electron chi connectivity index (χ1n) is 5.48. The second-order valence-corrected chi connectivity index (χ2v) is 4.15. The van der Waals surface area contributed by atoms with Crippen molar-refractivity contribution in [3.05, 3.63) is 35.4 Å². The molecule has 82 valence electrons. The van der Waals surface area contributed by atoms with Crippen LogP contribution in [0.1, 0.15) is 29.5 Å². The lowest BCUT2D eigenvalue weighted by Crippen LogP contribution is -2.15. The van der Waals surface area contributed by atoms with Gasteiger partial charge in [-0.3, -0.25) is 0 Å². The highest BCUT2D eigenvalue weighted by molar-refractivity contribution is 5.29. The summed E-state index contributed by atoms with van der Waals surface area (Å²) in [6, 6.07) is 8.02. The van der Waals surface area contributed by atoms with Crippen molar-refractivity contribution in [3.8, 4) is 0 Å². The van der Waals surface area contributed by atoms with E-state index in [2.05, 4.69) is 17.4 Å². The molecule has 1 heterocycles. The summed E-state index contributed by atoms with van der Waals surface area (Å²) in [6.45, 7) is 2.16. The van der Waals surface area contributed by atoms with E-state index < -0.39 is 0 Å². The molecule has 4 N–H and O–H groups in total. The van der Waals surface area contributed by atoms with Gasteiger partial charge in [-0.05, 0) is 30.0 Å². The lowest BCUT2D eigenvalue weighted by atomic mass is 9.95. The Morgan fingerprint density at radius 1 is 1.53 bits per heavy atom. The van der Waals surface area contributed by atoms with Gasteiger partial charge in [0, 0.05) is 6.54 Å². The quantitative estimate of drug-likeness (QED) is 0.684. The predicted octanol–water partition coefficient (Wildman–Crippen LogP) is 0.756. The molecule has 15 heavy (non-hydrogen) atoms. The molecule has 1 aromatic carbocycles. The lowest BCUT2D eigenvalue weighted by molar-refractivity contribution is 0.268. The van der Waals surface area contributed by atoms with Crippen LogP contribution in [0.25, 0.3) is 0 Å². The van der Waals surface area contributed by atoms with Crippen LogP contribution in [-0.4, -0.2) is 24.8 Å². The maximum Gasteiger partial charge on any atom is 0.0624 e. The van der Waals surface area contributed by atoms with Crippen LogP contribution in [0.15, 0.2) is 24.3 Å². The molecule has 1 aliphatic rings. The van der Waals surface area contributed by atoms with Gasteiger partial charge >= 0.3 is 0 Å². The summed E-state index contributed by atoms with van der Waals surface area (Å²) in [5.41, 5.74) is 8.16. The van der Waals surface area contributed by atoms with Gasteiger partial charge in [0.15, 0.2) is 0 Å². The molecule has 0 aromatic heterocycles. The van der Waals surface area contributed by atoms with Gasteiger partial charge in [0.05, 0.1) is 12.6 Å². The zero-order valence-corrected chi connectivity index (χ0v) is 8.82. The van der Waals surface area contributed by atoms with Gasteiger partial charge in [-0.2, -0.15) is 0 Å². The Kier molecular flexibility index (Phi) is 3.36. The van der Waals surface area contributed by atoms with Crippen molar-refractivity contribution in [2.75, 3.05) is 19.7 Å². The standard InChI is InChI=1S/C12H18N2O/c13-12(8-15)10-3-1-2-9(6-10)11-4-5-14-7-11/h1-3,6,11-12,14-15H,4-5,7-8,13H2. The summed E-state index contributed by atoms with van der Waals surface area (Å²) >= 11 is 0. The van der Waals surface area contributed by atoms with E-state index >= 15 is 0 Å². The molecular weight excluding hydrogens is 188 g/mol. The van der Waals surface area contributed by atoms with Crippen molar-refractivity contribution in [3.63, 3.8) is 0 Å². The molecule has 1 aromatic rings. The Morgan fingerprint density at radius 2 is 2.40 bits per heavy atom. The summed E-state index contributed by atoms with van der Waals surface area (Å²) in [7, 11) is 0. The van der Waals surface area contributed by atoms with Gasteiger partial charge in [-0.1, -0.05) is 24.3 Å². The second-order valence-electron chi connectivity index (χ2n) is 4.15. The third-order valence-electron chi connectivity index (χ3n) is 3.07. The van der Waals surface area contributed by atoms with Crippen LogP contribution in [0.3, 0.4) is 0 Å². The van der Waals surface area contributed by atoms with E-state index in [9.17, 15) is 0 Å². The molecule has 0 radical (unpaired) electrons. The highest BCUT2D eigenvalue weighted by atomic mass is 16.3. The average molecular weight is 206 g/mol. The summed E-state index contributed by atoms with van der Waals surface area (Å²) < 4.78 is 0. The summed E-state index contributed by atoms with van der Waals surface area (Å²) in [4.78, 5) is 0. The second kappa shape index (κ2) is 4.75. The summed E-state index contributed by atoms with van der Waals surface area (Å²) in [5, 5.41) is 12.4. The number of benzene rings is 1. The van der Waals surface area contributed by atoms with Gasteiger partial charge in [-0.25, -0.2) is 0 Å². The van der Waals surface area contributed by atoms with Crippen LogP contribution in [0.5, 0.6) is 0 Å². The zero-order chi connectivity index (χ0) is 10.7. The SMILES string of the molecule is NC(CO)c1cccc(C2CCNC2)c1. The molecule has 0 spiro atoms. The van der Waals surface area contributed by atoms with Gasteiger partial charge in [0.2, 0.25) is 0 Å². The monoisotopic (exact) mass is 206 g/mol. The molecule has 2 atom stereocenters. The van der Waals surface area contributed by atoms with Crippen LogP contribution < -0.4 is 11.1 Å². The molecule has 0 bridgehead atoms. The van der Waals surface area contributed by atoms with E-state index in [0.29, 0.717) is 5.92 Å². The number of aliphatic hydroxyl groups excluding tert-OH is 1. The lowest BCUT2D eigenvalue weighted by Gasteiger charge is -2.13. The maximum absolute atomic E-state index is 9.01. The Hall–Kier alpha value is -0.900. The van der Waals surface area contributed by atoms with Crippen LogP contribution in [0, 0.1) is 0 Å². The topological polar surface area (TPSA) is 58.3 Å². The van der Waals surface area contributed by atoms with Crippen LogP contribution >= 0.6 is 0 Å². The van der Waals surface area contributed by atoms with E-state index in [0.717, 1.165) is 18.7 Å². The van der Waals surface area contributed by atoms with E-state index in [1.165, 1.54) is 12.0 Å². The molecule has 1 aliphatic heterocycles. The fourth-order valence-corrected chi connectivity index (χ4v) is 2.09. The molecule has 2 unspecified atom stereocenters. The third kappa shape index (κ3) is 2.37. The zero-order valence-electron chi connectivity index (χ0n) is 8.82. The minimum atomic E-state index is -0.251. The van der Waals surface area contributed by atoms with Crippen molar-refractivity contribution in [1.29, 1.82) is 0 Å². The Labute approximate surface area is 90.3 Å². The van der Waals surface area contributed by atoms with Crippen molar-refractivity contribution in [1.82, 2.24) is 5.32 Å². The first-order chi connectivity index (χ1) is 7.31. The molecule has 0 aliphatic carbocycles. The largest absolute Gasteiger partial charge is 0.394 e. The number of nitrogens with two attached hydrogens (primary N) is 1. The summed E-state index contributed by atoms with van der Waals surface area (Å²) in [5.74, 6) is 0.607. The number of aliphatic hydroxyl groups is 1. The molecule has 0 saturated carbocycles. The minimum absolute atomic E-state index is 0.00632. The van der Waals surface area contributed by atoms with E-state index in [4.69, 9.17) is 10.8 Å². The van der Waals surface area contributed by atoms with Crippen LogP contribution in [0.4, 0.5) is 0 Å². The van der Waals surface area contributed by atoms with E-state index in [-0.39, 0.29) is 12.6 Å². The van der Waals surface area contributed by atoms with Gasteiger partial charge in [0.1, 0.15) is 0 Å². The van der Waals surface area contributed by atoms with Crippen molar-refractivity contribution < 1.29 is 5.11 Å². The number of nitrogens with one attached hydrogen (secondary N) is 1. The van der Waals surface area contributed by atoms with Crippen molar-refractivity contribution in [2.45, 2.75) is 18.4 Å². The van der Waals surface area contributed by atoms with Crippen LogP contribution in [-0.2, 0) is 0 Å². The van der Waals surface area contributed by atoms with Crippen molar-refractivity contribution in [2.24, 2.45) is 5.73 Å². The molecule has 1 fully saturated rings. The minimum Gasteiger partial charge on any atom is -0.394 e. The van der Waals surface area contributed by atoms with E-state index in [1.807, 2.05) is 12.1 Å². The molecule has 3 nitrogen and oxygen atoms in total. The number of rotatable bonds is 3. The van der Waals surface area contributed by atoms with Gasteiger partial charge < -0.3 is 16.2 Å². The average Bonchev–Trinajstić information content (AvgIpc) is 2.82. The highest BCUT2D eigenvalue weighted by Crippen LogP contribution is 2.24. The third-order valence-corrected chi connectivity index (χ3v) is 3.07. The predicted molar refractivity (Wildman–Crippen MR) is 60.7 cm³/mol. The molecule has 2 rings (SSSR count). The summed E-state index contributed by atoms with van der Waals surface area (Å²) in [6.07, 6.45) is 1.19. The Morgan fingerprint density at radius 3 is 3.07 bits per heavy atom. The molecule has 1 saturated heterocycles. The van der Waals surface area contributed by atoms with Gasteiger partial charge in [0.25, 0.3) is 0 Å². The van der Waals surface area contributed by atoms with Crippen LogP contribution in [0.2, 0.25) is 0 Å². The van der Waals surface area contributed by atoms with E-state index in [1.54, 1.807) is 0 Å². The Bertz CT molecular complexity index is 321. The normalized spacial score (nSPS) is 22.9. The number of hydrogen-bond donors (Lipinski definition) is 3. The molecule has 0 amide bonds. The highest BCUT2D eigenvalue weighted by Gasteiger charge is 2.17. The van der Waals surface area contributed by atoms with Crippen molar-refractivity contribution >= 4 is 0 Å². The van der Waals surface area contributed by atoms with Gasteiger partial charge in [-0.15, -0.1) is 0 Å². The fraction of sp³-hybridized carbons (Fsp3) is 0.500. The first-order valence-corrected chi connectivity index (χ1v) is 5.48. The molecule has 3 heteroatoms. The maximum atomic E-state index is 9.01. The Balaban J connectivity index is 2.18. The smallest absolute Gasteiger partial charge is 0.0624 e. The first kappa shape index (κ1) is 10.6. The fourth-order valence-electron chi connectivity index (χ4n) is 2.09. The molecular formula is C12H18N2O. The number of hydrogen-bond acceptors (Lipinski definition) is 3.